The average Bonchev–Trinajstić information content (AvgIpc) is 2.91. The van der Waals surface area contributed by atoms with Crippen LogP contribution in [0.15, 0.2) is 48.2 Å². The van der Waals surface area contributed by atoms with Crippen LogP contribution in [0.1, 0.15) is 28.4 Å². The lowest BCUT2D eigenvalue weighted by molar-refractivity contribution is -0.147. The van der Waals surface area contributed by atoms with Gasteiger partial charge in [0.1, 0.15) is 11.5 Å². The smallest absolute Gasteiger partial charge is 0.346 e. The van der Waals surface area contributed by atoms with Crippen molar-refractivity contribution in [3.8, 4) is 11.5 Å². The van der Waals surface area contributed by atoms with Gasteiger partial charge in [0.25, 0.3) is 0 Å². The Morgan fingerprint density at radius 3 is 2.56 bits per heavy atom. The Bertz CT molecular complexity index is 849. The number of carbonyl (C=O) groups excluding carboxylic acids is 2. The predicted octanol–water partition coefficient (Wildman–Crippen LogP) is 3.55. The maximum absolute atomic E-state index is 12.4. The van der Waals surface area contributed by atoms with Crippen molar-refractivity contribution in [2.75, 3.05) is 7.11 Å². The van der Waals surface area contributed by atoms with Crippen molar-refractivity contribution in [2.45, 2.75) is 20.0 Å². The van der Waals surface area contributed by atoms with Gasteiger partial charge >= 0.3 is 5.97 Å². The highest BCUT2D eigenvalue weighted by Gasteiger charge is 2.28. The number of carbonyl (C=O) groups is 2. The molecule has 1 atom stereocenters. The number of fused-ring (bicyclic) bond motifs is 1. The highest BCUT2D eigenvalue weighted by atomic mass is 16.6. The number of esters is 1. The van der Waals surface area contributed by atoms with Crippen LogP contribution < -0.4 is 9.47 Å². The maximum Gasteiger partial charge on any atom is 0.346 e. The molecule has 0 unspecified atom stereocenters. The van der Waals surface area contributed by atoms with E-state index < -0.39 is 12.1 Å². The van der Waals surface area contributed by atoms with E-state index in [0.29, 0.717) is 17.1 Å². The van der Waals surface area contributed by atoms with Crippen molar-refractivity contribution < 1.29 is 23.8 Å². The van der Waals surface area contributed by atoms with Gasteiger partial charge in [-0.2, -0.15) is 0 Å². The van der Waals surface area contributed by atoms with Crippen molar-refractivity contribution in [1.29, 1.82) is 0 Å². The number of ether oxygens (including phenoxy) is 3. The van der Waals surface area contributed by atoms with Gasteiger partial charge in [-0.25, -0.2) is 4.79 Å². The maximum atomic E-state index is 12.4. The molecule has 1 aliphatic rings. The van der Waals surface area contributed by atoms with E-state index in [9.17, 15) is 9.59 Å². The van der Waals surface area contributed by atoms with Gasteiger partial charge in [-0.3, -0.25) is 4.79 Å². The number of Topliss-reactive ketones (excluding diaryl/α,β-unsaturated/α-hetero) is 1. The van der Waals surface area contributed by atoms with Crippen LogP contribution in [0, 0.1) is 6.92 Å². The molecule has 0 aromatic heterocycles. The van der Waals surface area contributed by atoms with Crippen LogP contribution in [-0.4, -0.2) is 25.0 Å². The molecule has 0 fully saturated rings. The summed E-state index contributed by atoms with van der Waals surface area (Å²) in [5.74, 6) is 0.455. The second-order valence-corrected chi connectivity index (χ2v) is 5.79. The first-order valence-electron chi connectivity index (χ1n) is 7.87. The largest absolute Gasteiger partial charge is 0.479 e. The van der Waals surface area contributed by atoms with Crippen LogP contribution in [0.4, 0.5) is 0 Å². The fourth-order valence-electron chi connectivity index (χ4n) is 2.47. The van der Waals surface area contributed by atoms with Crippen LogP contribution >= 0.6 is 0 Å². The summed E-state index contributed by atoms with van der Waals surface area (Å²) in [5, 5.41) is 0. The summed E-state index contributed by atoms with van der Waals surface area (Å²) in [4.78, 5) is 23.9. The first-order valence-corrected chi connectivity index (χ1v) is 7.87. The van der Waals surface area contributed by atoms with Crippen LogP contribution in [0.25, 0.3) is 6.08 Å². The molecule has 0 saturated heterocycles. The quantitative estimate of drug-likeness (QED) is 0.630. The standard InChI is InChI=1S/C20H18O5/c1-12-4-6-14(7-5-12)10-18-19(21)16-9-8-15(11-17(16)25-18)24-13(2)20(22)23-3/h4-11,13H,1-3H3/b18-10-/t13-/m1/s1. The third kappa shape index (κ3) is 3.55. The van der Waals surface area contributed by atoms with Gasteiger partial charge < -0.3 is 14.2 Å². The van der Waals surface area contributed by atoms with E-state index >= 15 is 0 Å². The Morgan fingerprint density at radius 2 is 1.88 bits per heavy atom. The zero-order valence-electron chi connectivity index (χ0n) is 14.2. The van der Waals surface area contributed by atoms with E-state index in [1.807, 2.05) is 31.2 Å². The monoisotopic (exact) mass is 338 g/mol. The second kappa shape index (κ2) is 6.81. The fraction of sp³-hybridized carbons (Fsp3) is 0.200. The first-order chi connectivity index (χ1) is 12.0. The lowest BCUT2D eigenvalue weighted by Crippen LogP contribution is -2.24. The van der Waals surface area contributed by atoms with E-state index in [2.05, 4.69) is 4.74 Å². The molecule has 5 nitrogen and oxygen atoms in total. The van der Waals surface area contributed by atoms with Gasteiger partial charge in [-0.05, 0) is 37.6 Å². The van der Waals surface area contributed by atoms with Crippen molar-refractivity contribution in [1.82, 2.24) is 0 Å². The minimum Gasteiger partial charge on any atom is -0.479 e. The number of hydrogen-bond donors (Lipinski definition) is 0. The summed E-state index contributed by atoms with van der Waals surface area (Å²) >= 11 is 0. The number of methoxy groups -OCH3 is 1. The van der Waals surface area contributed by atoms with Crippen molar-refractivity contribution in [3.05, 3.63) is 64.9 Å². The second-order valence-electron chi connectivity index (χ2n) is 5.79. The van der Waals surface area contributed by atoms with E-state index in [0.717, 1.165) is 11.1 Å². The van der Waals surface area contributed by atoms with Gasteiger partial charge in [-0.1, -0.05) is 29.8 Å². The average molecular weight is 338 g/mol. The number of ketones is 1. The van der Waals surface area contributed by atoms with E-state index in [1.165, 1.54) is 7.11 Å². The molecule has 0 N–H and O–H groups in total. The Hall–Kier alpha value is -3.08. The van der Waals surface area contributed by atoms with Gasteiger partial charge in [0.2, 0.25) is 5.78 Å². The SMILES string of the molecule is COC(=O)[C@@H](C)Oc1ccc2c(c1)O/C(=C\c1ccc(C)cc1)C2=O. The lowest BCUT2D eigenvalue weighted by atomic mass is 10.1. The summed E-state index contributed by atoms with van der Waals surface area (Å²) in [7, 11) is 1.30. The topological polar surface area (TPSA) is 61.8 Å². The third-order valence-corrected chi connectivity index (χ3v) is 3.86. The normalized spacial score (nSPS) is 15.5. The Balaban J connectivity index is 1.81. The molecule has 0 spiro atoms. The van der Waals surface area contributed by atoms with Crippen LogP contribution in [0.3, 0.4) is 0 Å². The van der Waals surface area contributed by atoms with Crippen LogP contribution in [0.2, 0.25) is 0 Å². The molecule has 0 amide bonds. The molecule has 2 aromatic carbocycles. The van der Waals surface area contributed by atoms with Gasteiger partial charge in [0, 0.05) is 6.07 Å². The molecule has 1 aliphatic heterocycles. The highest BCUT2D eigenvalue weighted by molar-refractivity contribution is 6.14. The lowest BCUT2D eigenvalue weighted by Gasteiger charge is -2.12. The highest BCUT2D eigenvalue weighted by Crippen LogP contribution is 2.35. The molecule has 0 saturated carbocycles. The molecule has 0 aliphatic carbocycles. The molecule has 1 heterocycles. The first kappa shape index (κ1) is 16.8. The number of benzene rings is 2. The summed E-state index contributed by atoms with van der Waals surface area (Å²) in [6.07, 6.45) is 0.960. The third-order valence-electron chi connectivity index (χ3n) is 3.86. The Morgan fingerprint density at radius 1 is 1.16 bits per heavy atom. The van der Waals surface area contributed by atoms with Crippen molar-refractivity contribution in [3.63, 3.8) is 0 Å². The Kier molecular flexibility index (Phi) is 4.57. The van der Waals surface area contributed by atoms with Crippen LogP contribution in [0.5, 0.6) is 11.5 Å². The number of rotatable bonds is 4. The summed E-state index contributed by atoms with van der Waals surface area (Å²) < 4.78 is 15.8. The minimum absolute atomic E-state index is 0.178. The van der Waals surface area contributed by atoms with Crippen molar-refractivity contribution in [2.24, 2.45) is 0 Å². The van der Waals surface area contributed by atoms with Gasteiger partial charge in [0.15, 0.2) is 11.9 Å². The summed E-state index contributed by atoms with van der Waals surface area (Å²) in [5.41, 5.74) is 2.50. The fourth-order valence-corrected chi connectivity index (χ4v) is 2.47. The molecule has 25 heavy (non-hydrogen) atoms. The van der Waals surface area contributed by atoms with Crippen LogP contribution in [-0.2, 0) is 9.53 Å². The van der Waals surface area contributed by atoms with Crippen molar-refractivity contribution >= 4 is 17.8 Å². The van der Waals surface area contributed by atoms with E-state index in [4.69, 9.17) is 9.47 Å². The Labute approximate surface area is 145 Å². The number of allylic oxidation sites excluding steroid dienone is 1. The zero-order valence-corrected chi connectivity index (χ0v) is 14.2. The van der Waals surface area contributed by atoms with Gasteiger partial charge in [-0.15, -0.1) is 0 Å². The zero-order chi connectivity index (χ0) is 18.0. The molecule has 0 radical (unpaired) electrons. The summed E-state index contributed by atoms with van der Waals surface area (Å²) in [6.45, 7) is 3.59. The number of hydrogen-bond acceptors (Lipinski definition) is 5. The molecule has 128 valence electrons. The molecule has 5 heteroatoms. The van der Waals surface area contributed by atoms with E-state index in [-0.39, 0.29) is 11.5 Å². The molecule has 3 rings (SSSR count). The van der Waals surface area contributed by atoms with Gasteiger partial charge in [0.05, 0.1) is 12.7 Å². The summed E-state index contributed by atoms with van der Waals surface area (Å²) in [6, 6.07) is 12.7. The van der Waals surface area contributed by atoms with E-state index in [1.54, 1.807) is 31.2 Å². The predicted molar refractivity (Wildman–Crippen MR) is 92.7 cm³/mol. The number of aryl methyl sites for hydroxylation is 1. The molecular formula is C20H18O5. The molecule has 0 bridgehead atoms. The minimum atomic E-state index is -0.747. The molecular weight excluding hydrogens is 320 g/mol. The molecule has 2 aromatic rings.